The number of rotatable bonds is 3. The van der Waals surface area contributed by atoms with Crippen LogP contribution in [0.5, 0.6) is 0 Å². The second-order valence-electron chi connectivity index (χ2n) is 4.28. The highest BCUT2D eigenvalue weighted by Crippen LogP contribution is 2.15. The Labute approximate surface area is 90.3 Å². The summed E-state index contributed by atoms with van der Waals surface area (Å²) in [5.41, 5.74) is 8.20. The normalized spacial score (nSPS) is 25.5. The molecule has 0 spiro atoms. The molecule has 4 heteroatoms. The SMILES string of the molecule is Cc1ncccc1NCC1(N)CCNC1. The number of pyridine rings is 1. The van der Waals surface area contributed by atoms with Gasteiger partial charge in [0.15, 0.2) is 0 Å². The first-order chi connectivity index (χ1) is 7.20. The Morgan fingerprint density at radius 3 is 3.20 bits per heavy atom. The van der Waals surface area contributed by atoms with Crippen molar-refractivity contribution < 1.29 is 0 Å². The van der Waals surface area contributed by atoms with Gasteiger partial charge in [0.05, 0.1) is 11.4 Å². The zero-order valence-corrected chi connectivity index (χ0v) is 9.09. The van der Waals surface area contributed by atoms with E-state index in [9.17, 15) is 0 Å². The number of nitrogens with one attached hydrogen (secondary N) is 2. The number of aromatic nitrogens is 1. The van der Waals surface area contributed by atoms with Crippen molar-refractivity contribution >= 4 is 5.69 Å². The van der Waals surface area contributed by atoms with Crippen molar-refractivity contribution in [3.63, 3.8) is 0 Å². The van der Waals surface area contributed by atoms with Crippen molar-refractivity contribution in [1.29, 1.82) is 0 Å². The average molecular weight is 206 g/mol. The lowest BCUT2D eigenvalue weighted by atomic mass is 10.0. The van der Waals surface area contributed by atoms with E-state index in [1.165, 1.54) is 0 Å². The molecule has 1 atom stereocenters. The van der Waals surface area contributed by atoms with Gasteiger partial charge in [0.25, 0.3) is 0 Å². The van der Waals surface area contributed by atoms with Crippen molar-refractivity contribution in [3.05, 3.63) is 24.0 Å². The summed E-state index contributed by atoms with van der Waals surface area (Å²) < 4.78 is 0. The number of hydrogen-bond donors (Lipinski definition) is 3. The summed E-state index contributed by atoms with van der Waals surface area (Å²) in [6.45, 7) is 4.70. The second kappa shape index (κ2) is 4.16. The first kappa shape index (κ1) is 10.4. The van der Waals surface area contributed by atoms with Gasteiger partial charge < -0.3 is 16.4 Å². The first-order valence-corrected chi connectivity index (χ1v) is 5.35. The number of nitrogens with two attached hydrogens (primary N) is 1. The fraction of sp³-hybridized carbons (Fsp3) is 0.545. The van der Waals surface area contributed by atoms with Crippen LogP contribution in [0.4, 0.5) is 5.69 Å². The van der Waals surface area contributed by atoms with Gasteiger partial charge in [0.1, 0.15) is 0 Å². The molecule has 4 N–H and O–H groups in total. The Morgan fingerprint density at radius 2 is 2.53 bits per heavy atom. The molecular weight excluding hydrogens is 188 g/mol. The van der Waals surface area contributed by atoms with Crippen LogP contribution in [0, 0.1) is 6.92 Å². The van der Waals surface area contributed by atoms with Gasteiger partial charge in [-0.1, -0.05) is 0 Å². The van der Waals surface area contributed by atoms with E-state index in [-0.39, 0.29) is 5.54 Å². The van der Waals surface area contributed by atoms with Gasteiger partial charge in [0, 0.05) is 24.8 Å². The molecule has 1 saturated heterocycles. The van der Waals surface area contributed by atoms with E-state index in [1.54, 1.807) is 6.20 Å². The minimum atomic E-state index is -0.109. The average Bonchev–Trinajstić information content (AvgIpc) is 2.65. The molecule has 2 heterocycles. The van der Waals surface area contributed by atoms with Crippen LogP contribution in [-0.2, 0) is 0 Å². The van der Waals surface area contributed by atoms with Crippen LogP contribution in [0.15, 0.2) is 18.3 Å². The summed E-state index contributed by atoms with van der Waals surface area (Å²) in [5.74, 6) is 0. The zero-order valence-electron chi connectivity index (χ0n) is 9.09. The van der Waals surface area contributed by atoms with Gasteiger partial charge in [-0.05, 0) is 32.0 Å². The van der Waals surface area contributed by atoms with Crippen molar-refractivity contribution in [3.8, 4) is 0 Å². The molecule has 2 rings (SSSR count). The van der Waals surface area contributed by atoms with Crippen molar-refractivity contribution in [2.45, 2.75) is 18.9 Å². The monoisotopic (exact) mass is 206 g/mol. The van der Waals surface area contributed by atoms with Crippen LogP contribution in [-0.4, -0.2) is 30.2 Å². The molecule has 0 aliphatic carbocycles. The summed E-state index contributed by atoms with van der Waals surface area (Å²) >= 11 is 0. The van der Waals surface area contributed by atoms with Crippen LogP contribution < -0.4 is 16.4 Å². The molecule has 0 saturated carbocycles. The molecule has 15 heavy (non-hydrogen) atoms. The molecule has 1 aromatic heterocycles. The fourth-order valence-electron chi connectivity index (χ4n) is 1.86. The third-order valence-electron chi connectivity index (χ3n) is 2.91. The molecule has 0 amide bonds. The second-order valence-corrected chi connectivity index (χ2v) is 4.28. The Balaban J connectivity index is 1.95. The van der Waals surface area contributed by atoms with Crippen LogP contribution in [0.2, 0.25) is 0 Å². The lowest BCUT2D eigenvalue weighted by Gasteiger charge is -2.24. The van der Waals surface area contributed by atoms with Crippen molar-refractivity contribution in [2.75, 3.05) is 25.0 Å². The van der Waals surface area contributed by atoms with Crippen LogP contribution in [0.1, 0.15) is 12.1 Å². The van der Waals surface area contributed by atoms with Crippen LogP contribution in [0.3, 0.4) is 0 Å². The standard InChI is InChI=1S/C11H18N4/c1-9-10(3-2-5-14-9)15-8-11(12)4-6-13-7-11/h2-3,5,13,15H,4,6-8,12H2,1H3. The Hall–Kier alpha value is -1.13. The molecule has 1 aliphatic heterocycles. The highest BCUT2D eigenvalue weighted by atomic mass is 15.0. The molecule has 0 bridgehead atoms. The quantitative estimate of drug-likeness (QED) is 0.673. The van der Waals surface area contributed by atoms with Gasteiger partial charge in [-0.3, -0.25) is 4.98 Å². The highest BCUT2D eigenvalue weighted by molar-refractivity contribution is 5.47. The van der Waals surface area contributed by atoms with Crippen LogP contribution in [0.25, 0.3) is 0 Å². The molecule has 82 valence electrons. The van der Waals surface area contributed by atoms with Gasteiger partial charge in [-0.25, -0.2) is 0 Å². The summed E-state index contributed by atoms with van der Waals surface area (Å²) in [4.78, 5) is 4.23. The summed E-state index contributed by atoms with van der Waals surface area (Å²) in [6, 6.07) is 3.97. The van der Waals surface area contributed by atoms with Gasteiger partial charge in [-0.2, -0.15) is 0 Å². The van der Waals surface area contributed by atoms with Crippen molar-refractivity contribution in [2.24, 2.45) is 5.73 Å². The largest absolute Gasteiger partial charge is 0.382 e. The number of hydrogen-bond acceptors (Lipinski definition) is 4. The topological polar surface area (TPSA) is 63.0 Å². The first-order valence-electron chi connectivity index (χ1n) is 5.35. The molecule has 0 radical (unpaired) electrons. The van der Waals surface area contributed by atoms with Gasteiger partial charge in [-0.15, -0.1) is 0 Å². The maximum Gasteiger partial charge on any atom is 0.0603 e. The van der Waals surface area contributed by atoms with E-state index >= 15 is 0 Å². The lowest BCUT2D eigenvalue weighted by Crippen LogP contribution is -2.48. The maximum atomic E-state index is 6.21. The Morgan fingerprint density at radius 1 is 1.67 bits per heavy atom. The summed E-state index contributed by atoms with van der Waals surface area (Å²) in [6.07, 6.45) is 2.83. The zero-order chi connectivity index (χ0) is 10.7. The Kier molecular flexibility index (Phi) is 2.88. The highest BCUT2D eigenvalue weighted by Gasteiger charge is 2.28. The molecule has 1 fully saturated rings. The number of aryl methyl sites for hydroxylation is 1. The smallest absolute Gasteiger partial charge is 0.0603 e. The predicted molar refractivity (Wildman–Crippen MR) is 61.9 cm³/mol. The third-order valence-corrected chi connectivity index (χ3v) is 2.91. The van der Waals surface area contributed by atoms with E-state index in [1.807, 2.05) is 19.1 Å². The molecule has 1 aliphatic rings. The molecule has 4 nitrogen and oxygen atoms in total. The summed E-state index contributed by atoms with van der Waals surface area (Å²) in [5, 5.41) is 6.65. The molecule has 1 aromatic rings. The third kappa shape index (κ3) is 2.46. The van der Waals surface area contributed by atoms with Gasteiger partial charge >= 0.3 is 0 Å². The minimum Gasteiger partial charge on any atom is -0.382 e. The molecule has 1 unspecified atom stereocenters. The van der Waals surface area contributed by atoms with E-state index < -0.39 is 0 Å². The molecular formula is C11H18N4. The van der Waals surface area contributed by atoms with Crippen LogP contribution >= 0.6 is 0 Å². The molecule has 0 aromatic carbocycles. The van der Waals surface area contributed by atoms with E-state index in [0.29, 0.717) is 0 Å². The van der Waals surface area contributed by atoms with Gasteiger partial charge in [0.2, 0.25) is 0 Å². The lowest BCUT2D eigenvalue weighted by molar-refractivity contribution is 0.494. The van der Waals surface area contributed by atoms with E-state index in [2.05, 4.69) is 15.6 Å². The van der Waals surface area contributed by atoms with E-state index in [0.717, 1.165) is 37.4 Å². The summed E-state index contributed by atoms with van der Waals surface area (Å²) in [7, 11) is 0. The van der Waals surface area contributed by atoms with E-state index in [4.69, 9.17) is 5.73 Å². The number of nitrogens with zero attached hydrogens (tertiary/aromatic N) is 1. The maximum absolute atomic E-state index is 6.21. The number of anilines is 1. The Bertz CT molecular complexity index is 331. The fourth-order valence-corrected chi connectivity index (χ4v) is 1.86. The van der Waals surface area contributed by atoms with Crippen molar-refractivity contribution in [1.82, 2.24) is 10.3 Å². The predicted octanol–water partition coefficient (Wildman–Crippen LogP) is 0.493. The minimum absolute atomic E-state index is 0.109.